The number of rotatable bonds is 1. The van der Waals surface area contributed by atoms with E-state index in [9.17, 15) is 0 Å². The van der Waals surface area contributed by atoms with Crippen molar-refractivity contribution in [1.82, 2.24) is 9.97 Å². The van der Waals surface area contributed by atoms with Gasteiger partial charge in [-0.2, -0.15) is 4.98 Å². The van der Waals surface area contributed by atoms with Crippen molar-refractivity contribution in [3.05, 3.63) is 24.2 Å². The number of ether oxygens (including phenoxy) is 1. The number of fused-ring (bicyclic) bond motifs is 1. The van der Waals surface area contributed by atoms with Crippen LogP contribution in [-0.2, 0) is 10.3 Å². The van der Waals surface area contributed by atoms with Gasteiger partial charge in [-0.3, -0.25) is 0 Å². The molecule has 5 nitrogen and oxygen atoms in total. The molecule has 1 aliphatic heterocycles. The van der Waals surface area contributed by atoms with Gasteiger partial charge in [0.2, 0.25) is 5.89 Å². The summed E-state index contributed by atoms with van der Waals surface area (Å²) in [6.07, 6.45) is 2.42. The van der Waals surface area contributed by atoms with Crippen LogP contribution in [0.3, 0.4) is 0 Å². The summed E-state index contributed by atoms with van der Waals surface area (Å²) in [7, 11) is 0. The van der Waals surface area contributed by atoms with Crippen LogP contribution < -0.4 is 5.73 Å². The lowest BCUT2D eigenvalue weighted by atomic mass is 10.0. The van der Waals surface area contributed by atoms with Gasteiger partial charge in [-0.05, 0) is 18.6 Å². The van der Waals surface area contributed by atoms with Crippen LogP contribution in [0.2, 0.25) is 0 Å². The first-order valence-electron chi connectivity index (χ1n) is 4.87. The molecule has 5 heteroatoms. The van der Waals surface area contributed by atoms with Crippen LogP contribution in [0.1, 0.15) is 12.3 Å². The van der Waals surface area contributed by atoms with Crippen molar-refractivity contribution in [2.45, 2.75) is 12.0 Å². The van der Waals surface area contributed by atoms with Crippen molar-refractivity contribution in [2.75, 3.05) is 13.2 Å². The van der Waals surface area contributed by atoms with E-state index in [2.05, 4.69) is 9.97 Å². The molecule has 0 saturated carbocycles. The average Bonchev–Trinajstić information content (AvgIpc) is 2.84. The molecule has 78 valence electrons. The highest BCUT2D eigenvalue weighted by atomic mass is 16.5. The Labute approximate surface area is 86.3 Å². The van der Waals surface area contributed by atoms with Crippen molar-refractivity contribution in [2.24, 2.45) is 5.73 Å². The quantitative estimate of drug-likeness (QED) is 0.745. The summed E-state index contributed by atoms with van der Waals surface area (Å²) >= 11 is 0. The third-order valence-corrected chi connectivity index (χ3v) is 2.64. The third kappa shape index (κ3) is 1.32. The fraction of sp³-hybridized carbons (Fsp3) is 0.400. The van der Waals surface area contributed by atoms with Gasteiger partial charge < -0.3 is 14.9 Å². The second-order valence-electron chi connectivity index (χ2n) is 3.80. The molecule has 1 aliphatic rings. The monoisotopic (exact) mass is 205 g/mol. The third-order valence-electron chi connectivity index (χ3n) is 2.64. The zero-order valence-electron chi connectivity index (χ0n) is 8.14. The number of hydrogen-bond donors (Lipinski definition) is 1. The van der Waals surface area contributed by atoms with E-state index in [0.29, 0.717) is 30.3 Å². The van der Waals surface area contributed by atoms with Crippen molar-refractivity contribution >= 4 is 11.2 Å². The summed E-state index contributed by atoms with van der Waals surface area (Å²) < 4.78 is 10.8. The SMILES string of the molecule is NC1(c2nc3ncccc3o2)CCOC1. The first-order valence-corrected chi connectivity index (χ1v) is 4.87. The number of oxazole rings is 1. The lowest BCUT2D eigenvalue weighted by Gasteiger charge is -2.15. The van der Waals surface area contributed by atoms with Crippen LogP contribution >= 0.6 is 0 Å². The summed E-state index contributed by atoms with van der Waals surface area (Å²) in [5, 5.41) is 0. The van der Waals surface area contributed by atoms with E-state index in [1.165, 1.54) is 0 Å². The standard InChI is InChI=1S/C10H11N3O2/c11-10(3-5-14-6-10)9-13-8-7(15-9)2-1-4-12-8/h1-2,4H,3,5-6,11H2. The molecule has 0 radical (unpaired) electrons. The first kappa shape index (κ1) is 8.82. The van der Waals surface area contributed by atoms with Crippen molar-refractivity contribution < 1.29 is 9.15 Å². The van der Waals surface area contributed by atoms with E-state index in [1.54, 1.807) is 6.20 Å². The Kier molecular flexibility index (Phi) is 1.77. The summed E-state index contributed by atoms with van der Waals surface area (Å²) in [4.78, 5) is 8.39. The lowest BCUT2D eigenvalue weighted by Crippen LogP contribution is -2.37. The van der Waals surface area contributed by atoms with Gasteiger partial charge in [0.1, 0.15) is 5.54 Å². The molecule has 0 aliphatic carbocycles. The smallest absolute Gasteiger partial charge is 0.219 e. The molecule has 2 aromatic rings. The van der Waals surface area contributed by atoms with Crippen LogP contribution in [-0.4, -0.2) is 23.2 Å². The molecule has 3 rings (SSSR count). The Morgan fingerprint density at radius 2 is 2.40 bits per heavy atom. The molecule has 0 amide bonds. The lowest BCUT2D eigenvalue weighted by molar-refractivity contribution is 0.170. The molecule has 3 heterocycles. The molecule has 1 saturated heterocycles. The normalized spacial score (nSPS) is 26.2. The van der Waals surface area contributed by atoms with E-state index in [1.807, 2.05) is 12.1 Å². The van der Waals surface area contributed by atoms with Crippen LogP contribution in [0.4, 0.5) is 0 Å². The summed E-state index contributed by atoms with van der Waals surface area (Å²) in [6, 6.07) is 3.64. The number of pyridine rings is 1. The van der Waals surface area contributed by atoms with E-state index >= 15 is 0 Å². The van der Waals surface area contributed by atoms with Gasteiger partial charge >= 0.3 is 0 Å². The molecule has 15 heavy (non-hydrogen) atoms. The zero-order valence-corrected chi connectivity index (χ0v) is 8.14. The maximum Gasteiger partial charge on any atom is 0.219 e. The molecular weight excluding hydrogens is 194 g/mol. The summed E-state index contributed by atoms with van der Waals surface area (Å²) in [5.74, 6) is 0.522. The second kappa shape index (κ2) is 3.01. The summed E-state index contributed by atoms with van der Waals surface area (Å²) in [5.41, 5.74) is 6.82. The molecule has 1 unspecified atom stereocenters. The highest BCUT2D eigenvalue weighted by Gasteiger charge is 2.37. The Hall–Kier alpha value is -1.46. The Morgan fingerprint density at radius 1 is 1.47 bits per heavy atom. The second-order valence-corrected chi connectivity index (χ2v) is 3.80. The largest absolute Gasteiger partial charge is 0.437 e. The van der Waals surface area contributed by atoms with Gasteiger partial charge in [0, 0.05) is 12.8 Å². The van der Waals surface area contributed by atoms with Crippen LogP contribution in [0, 0.1) is 0 Å². The molecule has 1 atom stereocenters. The number of nitrogens with two attached hydrogens (primary N) is 1. The number of aromatic nitrogens is 2. The molecule has 0 aromatic carbocycles. The highest BCUT2D eigenvalue weighted by Crippen LogP contribution is 2.28. The highest BCUT2D eigenvalue weighted by molar-refractivity contribution is 5.67. The van der Waals surface area contributed by atoms with Gasteiger partial charge in [-0.15, -0.1) is 0 Å². The van der Waals surface area contributed by atoms with Crippen LogP contribution in [0.15, 0.2) is 22.7 Å². The fourth-order valence-electron chi connectivity index (χ4n) is 1.73. The number of nitrogens with zero attached hydrogens (tertiary/aromatic N) is 2. The fourth-order valence-corrected chi connectivity index (χ4v) is 1.73. The average molecular weight is 205 g/mol. The van der Waals surface area contributed by atoms with Gasteiger partial charge in [-0.1, -0.05) is 0 Å². The minimum atomic E-state index is -0.583. The van der Waals surface area contributed by atoms with E-state index < -0.39 is 5.54 Å². The van der Waals surface area contributed by atoms with Crippen molar-refractivity contribution in [1.29, 1.82) is 0 Å². The zero-order chi connectivity index (χ0) is 10.3. The van der Waals surface area contributed by atoms with E-state index in [0.717, 1.165) is 6.42 Å². The molecular formula is C10H11N3O2. The maximum atomic E-state index is 6.14. The Bertz CT molecular complexity index is 455. The van der Waals surface area contributed by atoms with E-state index in [4.69, 9.17) is 14.9 Å². The van der Waals surface area contributed by atoms with Crippen molar-refractivity contribution in [3.8, 4) is 0 Å². The van der Waals surface area contributed by atoms with Crippen LogP contribution in [0.5, 0.6) is 0 Å². The Morgan fingerprint density at radius 3 is 3.13 bits per heavy atom. The van der Waals surface area contributed by atoms with Gasteiger partial charge in [-0.25, -0.2) is 4.98 Å². The molecule has 2 aromatic heterocycles. The topological polar surface area (TPSA) is 74.2 Å². The first-order chi connectivity index (χ1) is 7.28. The molecule has 0 spiro atoms. The van der Waals surface area contributed by atoms with Gasteiger partial charge in [0.25, 0.3) is 0 Å². The maximum absolute atomic E-state index is 6.14. The predicted molar refractivity (Wildman–Crippen MR) is 53.1 cm³/mol. The number of hydrogen-bond acceptors (Lipinski definition) is 5. The van der Waals surface area contributed by atoms with Crippen molar-refractivity contribution in [3.63, 3.8) is 0 Å². The minimum absolute atomic E-state index is 0.458. The van der Waals surface area contributed by atoms with Gasteiger partial charge in [0.15, 0.2) is 11.2 Å². The minimum Gasteiger partial charge on any atom is -0.437 e. The van der Waals surface area contributed by atoms with E-state index in [-0.39, 0.29) is 0 Å². The van der Waals surface area contributed by atoms with Crippen LogP contribution in [0.25, 0.3) is 11.2 Å². The molecule has 2 N–H and O–H groups in total. The summed E-state index contributed by atoms with van der Waals surface area (Å²) in [6.45, 7) is 1.11. The Balaban J connectivity index is 2.11. The molecule has 0 bridgehead atoms. The predicted octanol–water partition coefficient (Wildman–Crippen LogP) is 0.797. The van der Waals surface area contributed by atoms with Gasteiger partial charge in [0.05, 0.1) is 6.61 Å². The molecule has 1 fully saturated rings.